The van der Waals surface area contributed by atoms with E-state index in [1.807, 2.05) is 13.1 Å². The van der Waals surface area contributed by atoms with E-state index in [1.54, 1.807) is 0 Å². The number of hydrogen-bond acceptors (Lipinski definition) is 3. The average molecular weight is 276 g/mol. The standard InChI is InChI=1S/C18H16N2O/c1-19-11-15-10-18(21-20-15)13-6-7-17-14(9-13)8-12-4-2-3-5-16(12)17/h2-7,9-10,19H,8,11H2,1H3. The fourth-order valence-electron chi connectivity index (χ4n) is 3.01. The minimum absolute atomic E-state index is 0.722. The highest BCUT2D eigenvalue weighted by molar-refractivity contribution is 5.79. The summed E-state index contributed by atoms with van der Waals surface area (Å²) >= 11 is 0. The number of rotatable bonds is 3. The fraction of sp³-hybridized carbons (Fsp3) is 0.167. The van der Waals surface area contributed by atoms with Crippen molar-refractivity contribution < 1.29 is 4.52 Å². The van der Waals surface area contributed by atoms with Crippen LogP contribution in [0, 0.1) is 0 Å². The molecule has 3 heteroatoms. The van der Waals surface area contributed by atoms with Gasteiger partial charge in [-0.2, -0.15) is 0 Å². The van der Waals surface area contributed by atoms with Gasteiger partial charge in [-0.25, -0.2) is 0 Å². The van der Waals surface area contributed by atoms with E-state index < -0.39 is 0 Å². The van der Waals surface area contributed by atoms with Crippen LogP contribution in [-0.4, -0.2) is 12.2 Å². The lowest BCUT2D eigenvalue weighted by atomic mass is 10.0. The highest BCUT2D eigenvalue weighted by Gasteiger charge is 2.18. The van der Waals surface area contributed by atoms with Crippen molar-refractivity contribution in [3.63, 3.8) is 0 Å². The predicted octanol–water partition coefficient (Wildman–Crippen LogP) is 3.63. The van der Waals surface area contributed by atoms with Gasteiger partial charge in [0.15, 0.2) is 5.76 Å². The molecule has 0 atom stereocenters. The lowest BCUT2D eigenvalue weighted by Crippen LogP contribution is -2.04. The predicted molar refractivity (Wildman–Crippen MR) is 82.9 cm³/mol. The molecule has 3 nitrogen and oxygen atoms in total. The summed E-state index contributed by atoms with van der Waals surface area (Å²) < 4.78 is 5.45. The Morgan fingerprint density at radius 2 is 1.90 bits per heavy atom. The molecule has 1 N–H and O–H groups in total. The summed E-state index contributed by atoms with van der Waals surface area (Å²) in [5, 5.41) is 7.16. The maximum absolute atomic E-state index is 5.45. The quantitative estimate of drug-likeness (QED) is 0.621. The molecule has 1 aliphatic rings. The molecule has 2 aromatic carbocycles. The molecular formula is C18H16N2O. The van der Waals surface area contributed by atoms with Crippen LogP contribution in [0.2, 0.25) is 0 Å². The Morgan fingerprint density at radius 1 is 1.05 bits per heavy atom. The summed E-state index contributed by atoms with van der Waals surface area (Å²) in [5.41, 5.74) is 7.47. The van der Waals surface area contributed by atoms with E-state index in [4.69, 9.17) is 4.52 Å². The average Bonchev–Trinajstić information content (AvgIpc) is 3.11. The van der Waals surface area contributed by atoms with Gasteiger partial charge >= 0.3 is 0 Å². The van der Waals surface area contributed by atoms with Gasteiger partial charge in [-0.1, -0.05) is 41.6 Å². The van der Waals surface area contributed by atoms with Crippen molar-refractivity contribution in [1.82, 2.24) is 10.5 Å². The molecule has 0 saturated heterocycles. The number of nitrogens with one attached hydrogen (secondary N) is 1. The lowest BCUT2D eigenvalue weighted by Gasteiger charge is -2.02. The Morgan fingerprint density at radius 3 is 2.81 bits per heavy atom. The summed E-state index contributed by atoms with van der Waals surface area (Å²) in [6, 6.07) is 17.1. The zero-order valence-electron chi connectivity index (χ0n) is 11.9. The minimum Gasteiger partial charge on any atom is -0.356 e. The normalized spacial score (nSPS) is 12.2. The first kappa shape index (κ1) is 12.4. The Kier molecular flexibility index (Phi) is 2.86. The highest BCUT2D eigenvalue weighted by Crippen LogP contribution is 2.38. The summed E-state index contributed by atoms with van der Waals surface area (Å²) in [7, 11) is 1.90. The van der Waals surface area contributed by atoms with Crippen molar-refractivity contribution in [3.8, 4) is 22.5 Å². The number of fused-ring (bicyclic) bond motifs is 3. The summed E-state index contributed by atoms with van der Waals surface area (Å²) in [4.78, 5) is 0. The van der Waals surface area contributed by atoms with Crippen LogP contribution in [0.5, 0.6) is 0 Å². The van der Waals surface area contributed by atoms with Gasteiger partial charge in [0.05, 0.1) is 5.69 Å². The van der Waals surface area contributed by atoms with Crippen LogP contribution in [-0.2, 0) is 13.0 Å². The van der Waals surface area contributed by atoms with E-state index in [-0.39, 0.29) is 0 Å². The van der Waals surface area contributed by atoms with Gasteiger partial charge < -0.3 is 9.84 Å². The molecule has 1 heterocycles. The van der Waals surface area contributed by atoms with Crippen LogP contribution in [0.25, 0.3) is 22.5 Å². The van der Waals surface area contributed by atoms with E-state index in [0.717, 1.165) is 30.0 Å². The van der Waals surface area contributed by atoms with Gasteiger partial charge in [-0.3, -0.25) is 0 Å². The van der Waals surface area contributed by atoms with Crippen molar-refractivity contribution in [2.75, 3.05) is 7.05 Å². The van der Waals surface area contributed by atoms with Crippen molar-refractivity contribution >= 4 is 0 Å². The van der Waals surface area contributed by atoms with Gasteiger partial charge in [0.25, 0.3) is 0 Å². The first-order valence-electron chi connectivity index (χ1n) is 7.17. The number of hydrogen-bond donors (Lipinski definition) is 1. The van der Waals surface area contributed by atoms with Gasteiger partial charge in [0.2, 0.25) is 0 Å². The first-order valence-corrected chi connectivity index (χ1v) is 7.17. The second-order valence-corrected chi connectivity index (χ2v) is 5.42. The minimum atomic E-state index is 0.722. The zero-order chi connectivity index (χ0) is 14.2. The van der Waals surface area contributed by atoms with Crippen LogP contribution in [0.3, 0.4) is 0 Å². The SMILES string of the molecule is CNCc1cc(-c2ccc3c(c2)Cc2ccccc2-3)on1. The highest BCUT2D eigenvalue weighted by atomic mass is 16.5. The molecule has 0 aliphatic heterocycles. The van der Waals surface area contributed by atoms with Crippen LogP contribution in [0.4, 0.5) is 0 Å². The summed E-state index contributed by atoms with van der Waals surface area (Å²) in [6.07, 6.45) is 0.997. The van der Waals surface area contributed by atoms with Gasteiger partial charge in [-0.15, -0.1) is 0 Å². The van der Waals surface area contributed by atoms with Crippen molar-refractivity contribution in [3.05, 3.63) is 65.4 Å². The van der Waals surface area contributed by atoms with E-state index in [9.17, 15) is 0 Å². The molecule has 0 saturated carbocycles. The van der Waals surface area contributed by atoms with E-state index in [0.29, 0.717) is 0 Å². The molecule has 0 bridgehead atoms. The number of benzene rings is 2. The molecule has 1 aliphatic carbocycles. The van der Waals surface area contributed by atoms with Crippen molar-refractivity contribution in [2.24, 2.45) is 0 Å². The fourth-order valence-corrected chi connectivity index (χ4v) is 3.01. The Hall–Kier alpha value is -2.39. The smallest absolute Gasteiger partial charge is 0.167 e. The molecule has 0 unspecified atom stereocenters. The molecule has 0 spiro atoms. The summed E-state index contributed by atoms with van der Waals surface area (Å²) in [5.74, 6) is 0.832. The van der Waals surface area contributed by atoms with Crippen molar-refractivity contribution in [1.29, 1.82) is 0 Å². The zero-order valence-corrected chi connectivity index (χ0v) is 11.9. The molecule has 3 aromatic rings. The maximum Gasteiger partial charge on any atom is 0.167 e. The van der Waals surface area contributed by atoms with E-state index in [1.165, 1.54) is 22.3 Å². The largest absolute Gasteiger partial charge is 0.356 e. The molecule has 1 aromatic heterocycles. The lowest BCUT2D eigenvalue weighted by molar-refractivity contribution is 0.421. The first-order chi connectivity index (χ1) is 10.3. The van der Waals surface area contributed by atoms with Crippen molar-refractivity contribution in [2.45, 2.75) is 13.0 Å². The Bertz CT molecular complexity index is 804. The maximum atomic E-state index is 5.45. The number of aromatic nitrogens is 1. The topological polar surface area (TPSA) is 38.1 Å². The van der Waals surface area contributed by atoms with Gasteiger partial charge in [0.1, 0.15) is 0 Å². The number of nitrogens with zero attached hydrogens (tertiary/aromatic N) is 1. The van der Waals surface area contributed by atoms with Crippen LogP contribution >= 0.6 is 0 Å². The van der Waals surface area contributed by atoms with E-state index in [2.05, 4.69) is 52.9 Å². The van der Waals surface area contributed by atoms with Crippen LogP contribution < -0.4 is 5.32 Å². The molecule has 104 valence electrons. The summed E-state index contributed by atoms with van der Waals surface area (Å²) in [6.45, 7) is 0.722. The molecule has 0 fully saturated rings. The molecular weight excluding hydrogens is 260 g/mol. The second kappa shape index (κ2) is 4.86. The second-order valence-electron chi connectivity index (χ2n) is 5.42. The van der Waals surface area contributed by atoms with Gasteiger partial charge in [0, 0.05) is 18.2 Å². The van der Waals surface area contributed by atoms with E-state index >= 15 is 0 Å². The Balaban J connectivity index is 1.72. The van der Waals surface area contributed by atoms with Crippen LogP contribution in [0.15, 0.2) is 53.1 Å². The monoisotopic (exact) mass is 276 g/mol. The third-order valence-corrected chi connectivity index (χ3v) is 4.00. The third-order valence-electron chi connectivity index (χ3n) is 4.00. The molecule has 4 rings (SSSR count). The molecule has 21 heavy (non-hydrogen) atoms. The third kappa shape index (κ3) is 2.06. The Labute approximate surface area is 123 Å². The van der Waals surface area contributed by atoms with Gasteiger partial charge in [-0.05, 0) is 41.8 Å². The van der Waals surface area contributed by atoms with Crippen LogP contribution in [0.1, 0.15) is 16.8 Å². The molecule has 0 amide bonds. The molecule has 0 radical (unpaired) electrons.